The Balaban J connectivity index is 1.55. The van der Waals surface area contributed by atoms with E-state index >= 15 is 0 Å². The van der Waals surface area contributed by atoms with Crippen LogP contribution in [0.3, 0.4) is 0 Å². The van der Waals surface area contributed by atoms with E-state index in [1.807, 2.05) is 0 Å². The lowest BCUT2D eigenvalue weighted by Gasteiger charge is -2.46. The fraction of sp³-hybridized carbons (Fsp3) is 0.286. The molecule has 2 aromatic carbocycles. The molecule has 0 aromatic heterocycles. The molecule has 7 N–H and O–H groups in total. The fourth-order valence-electron chi connectivity index (χ4n) is 5.91. The van der Waals surface area contributed by atoms with Crippen molar-refractivity contribution in [1.29, 1.82) is 0 Å². The number of aromatic hydroxyl groups is 1. The molecule has 0 radical (unpaired) electrons. The van der Waals surface area contributed by atoms with Gasteiger partial charge in [0, 0.05) is 23.6 Å². The van der Waals surface area contributed by atoms with Gasteiger partial charge in [-0.15, -0.1) is 0 Å². The topological polar surface area (TPSA) is 196 Å². The number of benzene rings is 2. The molecule has 208 valence electrons. The second-order valence-corrected chi connectivity index (χ2v) is 9.92. The summed E-state index contributed by atoms with van der Waals surface area (Å²) in [6.45, 7) is -1.18. The van der Waals surface area contributed by atoms with Crippen molar-refractivity contribution < 1.29 is 48.7 Å². The first-order chi connectivity index (χ1) is 19.0. The zero-order valence-corrected chi connectivity index (χ0v) is 20.9. The zero-order chi connectivity index (χ0) is 28.9. The van der Waals surface area contributed by atoms with Crippen LogP contribution in [-0.4, -0.2) is 62.9 Å². The number of alkyl halides is 1. The van der Waals surface area contributed by atoms with Crippen molar-refractivity contribution in [2.45, 2.75) is 24.9 Å². The maximum atomic E-state index is 13.6. The van der Waals surface area contributed by atoms with E-state index in [2.05, 4.69) is 10.1 Å². The Morgan fingerprint density at radius 2 is 1.77 bits per heavy atom. The SMILES string of the molecule is NC(=O)C1=C(O)C2(O)C(=O)C3=C(O)c4c(O)ccc(-c5ccc(NC(=O)OCCF)cc5)c4CC3CC2CC1=O. The van der Waals surface area contributed by atoms with Gasteiger partial charge in [-0.3, -0.25) is 19.7 Å². The second-order valence-electron chi connectivity index (χ2n) is 9.92. The quantitative estimate of drug-likeness (QED) is 0.302. The monoisotopic (exact) mass is 552 g/mol. The number of hydrogen-bond acceptors (Lipinski definition) is 9. The number of phenols is 1. The number of halogens is 1. The summed E-state index contributed by atoms with van der Waals surface area (Å²) in [5.74, 6) is -6.92. The summed E-state index contributed by atoms with van der Waals surface area (Å²) in [5.41, 5.74) is 3.62. The van der Waals surface area contributed by atoms with Gasteiger partial charge in [0.1, 0.15) is 36.1 Å². The number of rotatable bonds is 5. The van der Waals surface area contributed by atoms with Crippen LogP contribution < -0.4 is 11.1 Å². The Hall–Kier alpha value is -4.71. The minimum absolute atomic E-state index is 0.0157. The Morgan fingerprint density at radius 1 is 1.07 bits per heavy atom. The summed E-state index contributed by atoms with van der Waals surface area (Å²) in [7, 11) is 0. The molecule has 0 aliphatic heterocycles. The minimum Gasteiger partial charge on any atom is -0.508 e. The van der Waals surface area contributed by atoms with Gasteiger partial charge in [0.05, 0.1) is 5.56 Å². The largest absolute Gasteiger partial charge is 0.508 e. The molecule has 1 saturated carbocycles. The minimum atomic E-state index is -2.63. The number of aliphatic hydroxyl groups excluding tert-OH is 2. The normalized spacial score (nSPS) is 23.8. The Bertz CT molecular complexity index is 1530. The van der Waals surface area contributed by atoms with Gasteiger partial charge in [0.15, 0.2) is 11.4 Å². The van der Waals surface area contributed by atoms with Crippen LogP contribution in [0.1, 0.15) is 24.0 Å². The highest BCUT2D eigenvalue weighted by Crippen LogP contribution is 2.53. The molecule has 3 aliphatic carbocycles. The highest BCUT2D eigenvalue weighted by Gasteiger charge is 2.60. The second kappa shape index (κ2) is 9.79. The number of anilines is 1. The number of carbonyl (C=O) groups is 4. The highest BCUT2D eigenvalue weighted by atomic mass is 19.1. The smallest absolute Gasteiger partial charge is 0.411 e. The van der Waals surface area contributed by atoms with Crippen molar-refractivity contribution >= 4 is 35.0 Å². The van der Waals surface area contributed by atoms with Gasteiger partial charge in [-0.25, -0.2) is 9.18 Å². The lowest BCUT2D eigenvalue weighted by Crippen LogP contribution is -2.58. The lowest BCUT2D eigenvalue weighted by molar-refractivity contribution is -0.147. The average Bonchev–Trinajstić information content (AvgIpc) is 2.90. The standard InChI is InChI=1S/C28H25FN2O9/c29-7-8-40-27(38)31-15-3-1-12(2-4-15)16-5-6-18(32)21-17(16)10-13-9-14-11-19(33)22(26(30)37)25(36)28(14,39)24(35)20(13)23(21)34/h1-6,13-14,32,34,36,39H,7-11H2,(H2,30,37)(H,31,38). The first kappa shape index (κ1) is 26.9. The van der Waals surface area contributed by atoms with Crippen LogP contribution in [0.5, 0.6) is 5.75 Å². The van der Waals surface area contributed by atoms with Crippen LogP contribution in [0.25, 0.3) is 16.9 Å². The van der Waals surface area contributed by atoms with Crippen LogP contribution in [0, 0.1) is 11.8 Å². The summed E-state index contributed by atoms with van der Waals surface area (Å²) in [6, 6.07) is 9.47. The molecule has 0 heterocycles. The number of nitrogens with one attached hydrogen (secondary N) is 1. The molecule has 12 heteroatoms. The van der Waals surface area contributed by atoms with Gasteiger partial charge in [-0.1, -0.05) is 18.2 Å². The zero-order valence-electron chi connectivity index (χ0n) is 20.9. The number of phenolic OH excluding ortho intramolecular Hbond substituents is 1. The Kier molecular flexibility index (Phi) is 6.58. The molecule has 2 amide bonds. The molecule has 5 rings (SSSR count). The third-order valence-electron chi connectivity index (χ3n) is 7.70. The van der Waals surface area contributed by atoms with Crippen LogP contribution in [0.15, 0.2) is 53.3 Å². The predicted octanol–water partition coefficient (Wildman–Crippen LogP) is 2.61. The molecular formula is C28H25FN2O9. The first-order valence-corrected chi connectivity index (χ1v) is 12.4. The number of primary amides is 1. The van der Waals surface area contributed by atoms with E-state index in [0.717, 1.165) is 0 Å². The summed E-state index contributed by atoms with van der Waals surface area (Å²) >= 11 is 0. The summed E-state index contributed by atoms with van der Waals surface area (Å²) in [5, 5.41) is 46.4. The number of aliphatic hydroxyl groups is 3. The number of ether oxygens (including phenoxy) is 1. The van der Waals surface area contributed by atoms with Gasteiger partial charge in [0.25, 0.3) is 5.91 Å². The molecule has 3 unspecified atom stereocenters. The van der Waals surface area contributed by atoms with Crippen LogP contribution in [0.2, 0.25) is 0 Å². The van der Waals surface area contributed by atoms with Crippen molar-refractivity contribution in [3.05, 3.63) is 64.4 Å². The van der Waals surface area contributed by atoms with E-state index in [0.29, 0.717) is 22.4 Å². The average molecular weight is 553 g/mol. The summed E-state index contributed by atoms with van der Waals surface area (Å²) < 4.78 is 16.9. The van der Waals surface area contributed by atoms with E-state index in [-0.39, 0.29) is 36.3 Å². The van der Waals surface area contributed by atoms with E-state index in [1.165, 1.54) is 6.07 Å². The van der Waals surface area contributed by atoms with Crippen molar-refractivity contribution in [1.82, 2.24) is 0 Å². The summed E-state index contributed by atoms with van der Waals surface area (Å²) in [6.07, 6.45) is -1.06. The van der Waals surface area contributed by atoms with E-state index < -0.39 is 71.2 Å². The maximum Gasteiger partial charge on any atom is 0.411 e. The number of nitrogens with two attached hydrogens (primary N) is 1. The number of ketones is 2. The first-order valence-electron chi connectivity index (χ1n) is 12.4. The molecule has 2 aromatic rings. The van der Waals surface area contributed by atoms with E-state index in [4.69, 9.17) is 5.73 Å². The third kappa shape index (κ3) is 4.08. The fourth-order valence-corrected chi connectivity index (χ4v) is 5.91. The molecule has 3 atom stereocenters. The predicted molar refractivity (Wildman–Crippen MR) is 138 cm³/mol. The van der Waals surface area contributed by atoms with Crippen molar-refractivity contribution in [3.63, 3.8) is 0 Å². The van der Waals surface area contributed by atoms with Gasteiger partial charge in [0.2, 0.25) is 5.78 Å². The third-order valence-corrected chi connectivity index (χ3v) is 7.70. The molecule has 0 bridgehead atoms. The number of hydrogen-bond donors (Lipinski definition) is 6. The highest BCUT2D eigenvalue weighted by molar-refractivity contribution is 6.22. The molecule has 11 nitrogen and oxygen atoms in total. The number of carbonyl (C=O) groups excluding carboxylic acids is 4. The molecular weight excluding hydrogens is 527 g/mol. The molecule has 0 saturated heterocycles. The molecule has 3 aliphatic rings. The maximum absolute atomic E-state index is 13.6. The van der Waals surface area contributed by atoms with Gasteiger partial charge in [-0.05, 0) is 53.6 Å². The molecule has 0 spiro atoms. The Morgan fingerprint density at radius 3 is 2.42 bits per heavy atom. The Labute approximate surface area is 226 Å². The van der Waals surface area contributed by atoms with Crippen LogP contribution in [0.4, 0.5) is 14.9 Å². The van der Waals surface area contributed by atoms with E-state index in [1.54, 1.807) is 30.3 Å². The number of Topliss-reactive ketones (excluding diaryl/α,β-unsaturated/α-hetero) is 2. The van der Waals surface area contributed by atoms with Gasteiger partial charge >= 0.3 is 6.09 Å². The van der Waals surface area contributed by atoms with Gasteiger partial charge in [-0.2, -0.15) is 0 Å². The number of amides is 2. The lowest BCUT2D eigenvalue weighted by atomic mass is 9.59. The molecule has 1 fully saturated rings. The van der Waals surface area contributed by atoms with Crippen molar-refractivity contribution in [3.8, 4) is 16.9 Å². The molecule has 40 heavy (non-hydrogen) atoms. The van der Waals surface area contributed by atoms with Crippen LogP contribution in [-0.2, 0) is 25.5 Å². The summed E-state index contributed by atoms with van der Waals surface area (Å²) in [4.78, 5) is 49.6. The van der Waals surface area contributed by atoms with Gasteiger partial charge < -0.3 is 30.9 Å². The van der Waals surface area contributed by atoms with Crippen molar-refractivity contribution in [2.75, 3.05) is 18.6 Å². The van der Waals surface area contributed by atoms with Crippen LogP contribution >= 0.6 is 0 Å². The van der Waals surface area contributed by atoms with Crippen molar-refractivity contribution in [2.24, 2.45) is 17.6 Å². The number of fused-ring (bicyclic) bond motifs is 3. The van der Waals surface area contributed by atoms with E-state index in [9.17, 15) is 44.0 Å².